The first-order chi connectivity index (χ1) is 11.2. The minimum Gasteiger partial charge on any atom is -0.462 e. The highest BCUT2D eigenvalue weighted by Crippen LogP contribution is 2.44. The van der Waals surface area contributed by atoms with Gasteiger partial charge in [0.2, 0.25) is 0 Å². The number of carbonyl (C=O) groups is 1. The van der Waals surface area contributed by atoms with Gasteiger partial charge in [-0.2, -0.15) is 0 Å². The van der Waals surface area contributed by atoms with E-state index in [1.54, 1.807) is 0 Å². The van der Waals surface area contributed by atoms with Crippen molar-refractivity contribution < 1.29 is 27.8 Å². The Morgan fingerprint density at radius 3 is 2.79 bits per heavy atom. The van der Waals surface area contributed by atoms with Gasteiger partial charge in [-0.3, -0.25) is 4.79 Å². The predicted octanol–water partition coefficient (Wildman–Crippen LogP) is 3.54. The summed E-state index contributed by atoms with van der Waals surface area (Å²) in [5.41, 5.74) is 0. The van der Waals surface area contributed by atoms with Crippen LogP contribution in [0.1, 0.15) is 51.9 Å². The van der Waals surface area contributed by atoms with E-state index < -0.39 is 27.2 Å². The van der Waals surface area contributed by atoms with Gasteiger partial charge < -0.3 is 9.84 Å². The molecule has 24 heavy (non-hydrogen) atoms. The number of aliphatic hydroxyl groups is 1. The van der Waals surface area contributed by atoms with Crippen molar-refractivity contribution in [1.29, 1.82) is 0 Å². The van der Waals surface area contributed by atoms with E-state index in [-0.39, 0.29) is 36.8 Å². The highest BCUT2D eigenvalue weighted by molar-refractivity contribution is 6.48. The van der Waals surface area contributed by atoms with Crippen molar-refractivity contribution in [2.75, 3.05) is 0 Å². The molecule has 5 atom stereocenters. The number of hydrogen-bond acceptors (Lipinski definition) is 4. The minimum atomic E-state index is -2.84. The first-order valence-corrected chi connectivity index (χ1v) is 11.4. The van der Waals surface area contributed by atoms with E-state index in [0.717, 1.165) is 6.42 Å². The molecular formula is C17H29F2O4Si+. The standard InChI is InChI=1S/C17H29F2O4Si/c1-4-5-8-17(18,19)15(23-24(2)3)7-6-11-12-9-16(21)22-14(12)10-13(11)20/h11-15,20H,4-10H2,1-3H3/q+1/t11-,12?,13?,14?,15?/m1/s1. The number of halogens is 2. The number of aliphatic hydroxyl groups excluding tert-OH is 1. The van der Waals surface area contributed by atoms with E-state index in [1.807, 2.05) is 20.0 Å². The lowest BCUT2D eigenvalue weighted by atomic mass is 9.86. The Hall–Kier alpha value is -0.533. The lowest BCUT2D eigenvalue weighted by Crippen LogP contribution is -2.39. The van der Waals surface area contributed by atoms with Gasteiger partial charge in [-0.25, -0.2) is 13.2 Å². The lowest BCUT2D eigenvalue weighted by molar-refractivity contribution is -0.141. The van der Waals surface area contributed by atoms with Gasteiger partial charge >= 0.3 is 15.0 Å². The summed E-state index contributed by atoms with van der Waals surface area (Å²) in [6.07, 6.45) is 0.495. The highest BCUT2D eigenvalue weighted by Gasteiger charge is 2.51. The molecule has 138 valence electrons. The van der Waals surface area contributed by atoms with Gasteiger partial charge in [0, 0.05) is 18.8 Å². The van der Waals surface area contributed by atoms with E-state index in [1.165, 1.54) is 0 Å². The Balaban J connectivity index is 1.97. The second kappa shape index (κ2) is 8.23. The summed E-state index contributed by atoms with van der Waals surface area (Å²) in [4.78, 5) is 11.4. The fourth-order valence-electron chi connectivity index (χ4n) is 3.94. The largest absolute Gasteiger partial charge is 0.467 e. The van der Waals surface area contributed by atoms with Crippen LogP contribution in [0.3, 0.4) is 0 Å². The van der Waals surface area contributed by atoms with Crippen molar-refractivity contribution >= 4 is 15.0 Å². The molecule has 0 aromatic rings. The SMILES string of the molecule is CCCCC(F)(F)C(CC[C@H]1C(O)CC2OC(=O)CC21)O[Si+](C)C. The molecule has 2 aliphatic rings. The molecule has 7 heteroatoms. The van der Waals surface area contributed by atoms with Crippen molar-refractivity contribution in [3.63, 3.8) is 0 Å². The maximum Gasteiger partial charge on any atom is 0.467 e. The molecule has 0 aromatic carbocycles. The molecule has 2 fully saturated rings. The number of rotatable bonds is 9. The van der Waals surface area contributed by atoms with E-state index in [4.69, 9.17) is 9.16 Å². The molecule has 0 spiro atoms. The van der Waals surface area contributed by atoms with Crippen molar-refractivity contribution in [1.82, 2.24) is 0 Å². The molecule has 0 radical (unpaired) electrons. The summed E-state index contributed by atoms with van der Waals surface area (Å²) in [5, 5.41) is 10.2. The monoisotopic (exact) mass is 363 g/mol. The fourth-order valence-corrected chi connectivity index (χ4v) is 4.80. The Morgan fingerprint density at radius 1 is 1.46 bits per heavy atom. The molecule has 1 saturated carbocycles. The van der Waals surface area contributed by atoms with Crippen LogP contribution in [0.25, 0.3) is 0 Å². The summed E-state index contributed by atoms with van der Waals surface area (Å²) in [6.45, 7) is 5.61. The van der Waals surface area contributed by atoms with Crippen LogP contribution in [0, 0.1) is 11.8 Å². The smallest absolute Gasteiger partial charge is 0.462 e. The molecule has 0 bridgehead atoms. The number of ether oxygens (including phenoxy) is 1. The minimum absolute atomic E-state index is 0.0366. The summed E-state index contributed by atoms with van der Waals surface area (Å²) in [7, 11) is -1.25. The Kier molecular flexibility index (Phi) is 6.79. The molecule has 2 rings (SSSR count). The van der Waals surface area contributed by atoms with Crippen LogP contribution in [0.4, 0.5) is 8.78 Å². The number of esters is 1. The summed E-state index contributed by atoms with van der Waals surface area (Å²) in [6, 6.07) is 0. The molecule has 1 aliphatic heterocycles. The van der Waals surface area contributed by atoms with Gasteiger partial charge in [-0.15, -0.1) is 0 Å². The molecular weight excluding hydrogens is 334 g/mol. The topological polar surface area (TPSA) is 55.8 Å². The molecule has 0 amide bonds. The van der Waals surface area contributed by atoms with Crippen molar-refractivity contribution in [2.24, 2.45) is 11.8 Å². The zero-order valence-electron chi connectivity index (χ0n) is 14.8. The molecule has 1 N–H and O–H groups in total. The zero-order valence-corrected chi connectivity index (χ0v) is 15.8. The second-order valence-corrected chi connectivity index (χ2v) is 9.37. The molecule has 1 saturated heterocycles. The normalized spacial score (nSPS) is 31.0. The Labute approximate surface area is 144 Å². The number of hydrogen-bond donors (Lipinski definition) is 1. The van der Waals surface area contributed by atoms with Crippen LogP contribution >= 0.6 is 0 Å². The van der Waals surface area contributed by atoms with Crippen LogP contribution in [-0.2, 0) is 14.0 Å². The van der Waals surface area contributed by atoms with Crippen LogP contribution < -0.4 is 0 Å². The maximum atomic E-state index is 14.5. The van der Waals surface area contributed by atoms with E-state index >= 15 is 0 Å². The second-order valence-electron chi connectivity index (χ2n) is 7.32. The van der Waals surface area contributed by atoms with E-state index in [2.05, 4.69) is 0 Å². The first kappa shape index (κ1) is 19.8. The average Bonchev–Trinajstić information content (AvgIpc) is 2.96. The first-order valence-electron chi connectivity index (χ1n) is 8.96. The van der Waals surface area contributed by atoms with Gasteiger partial charge in [0.05, 0.1) is 25.6 Å². The van der Waals surface area contributed by atoms with Gasteiger partial charge in [0.15, 0.2) is 6.10 Å². The van der Waals surface area contributed by atoms with Crippen LogP contribution in [0.5, 0.6) is 0 Å². The Bertz CT molecular complexity index is 433. The Morgan fingerprint density at radius 2 is 2.17 bits per heavy atom. The molecule has 4 unspecified atom stereocenters. The molecule has 4 nitrogen and oxygen atoms in total. The summed E-state index contributed by atoms with van der Waals surface area (Å²) < 4.78 is 39.8. The predicted molar refractivity (Wildman–Crippen MR) is 88.2 cm³/mol. The fraction of sp³-hybridized carbons (Fsp3) is 0.941. The van der Waals surface area contributed by atoms with Crippen LogP contribution in [-0.4, -0.2) is 44.4 Å². The maximum absolute atomic E-state index is 14.5. The van der Waals surface area contributed by atoms with Gasteiger partial charge in [-0.05, 0) is 25.2 Å². The van der Waals surface area contributed by atoms with Gasteiger partial charge in [0.25, 0.3) is 5.92 Å². The number of fused-ring (bicyclic) bond motifs is 1. The summed E-state index contributed by atoms with van der Waals surface area (Å²) in [5.74, 6) is -3.27. The van der Waals surface area contributed by atoms with Gasteiger partial charge in [0.1, 0.15) is 6.10 Å². The third-order valence-corrected chi connectivity index (χ3v) is 5.91. The third-order valence-electron chi connectivity index (χ3n) is 5.16. The van der Waals surface area contributed by atoms with Crippen LogP contribution in [0.15, 0.2) is 0 Å². The quantitative estimate of drug-likeness (QED) is 0.503. The molecule has 0 aromatic heterocycles. The third kappa shape index (κ3) is 4.76. The number of carbonyl (C=O) groups excluding carboxylic acids is 1. The van der Waals surface area contributed by atoms with Crippen molar-refractivity contribution in [2.45, 2.75) is 89.2 Å². The van der Waals surface area contributed by atoms with E-state index in [9.17, 15) is 18.7 Å². The zero-order chi connectivity index (χ0) is 17.9. The lowest BCUT2D eigenvalue weighted by Gasteiger charge is -2.27. The number of alkyl halides is 2. The van der Waals surface area contributed by atoms with Crippen LogP contribution in [0.2, 0.25) is 13.1 Å². The number of unbranched alkanes of at least 4 members (excludes halogenated alkanes) is 1. The summed E-state index contributed by atoms with van der Waals surface area (Å²) >= 11 is 0. The molecule has 1 aliphatic carbocycles. The molecule has 1 heterocycles. The highest BCUT2D eigenvalue weighted by atomic mass is 28.3. The average molecular weight is 363 g/mol. The van der Waals surface area contributed by atoms with Crippen molar-refractivity contribution in [3.05, 3.63) is 0 Å². The van der Waals surface area contributed by atoms with E-state index in [0.29, 0.717) is 25.7 Å². The van der Waals surface area contributed by atoms with Gasteiger partial charge in [-0.1, -0.05) is 13.3 Å². The van der Waals surface area contributed by atoms with Crippen molar-refractivity contribution in [3.8, 4) is 0 Å².